The summed E-state index contributed by atoms with van der Waals surface area (Å²) < 4.78 is 0. The Kier molecular flexibility index (Phi) is 5.55. The van der Waals surface area contributed by atoms with Gasteiger partial charge in [0.15, 0.2) is 0 Å². The van der Waals surface area contributed by atoms with Crippen LogP contribution >= 0.6 is 7.26 Å². The summed E-state index contributed by atoms with van der Waals surface area (Å²) in [5.41, 5.74) is 0. The van der Waals surface area contributed by atoms with E-state index in [4.69, 9.17) is 0 Å². The van der Waals surface area contributed by atoms with E-state index in [1.54, 1.807) is 0 Å². The van der Waals surface area contributed by atoms with Crippen molar-refractivity contribution in [2.24, 2.45) is 0 Å². The lowest BCUT2D eigenvalue weighted by Gasteiger charge is -2.22. The van der Waals surface area contributed by atoms with Crippen LogP contribution in [0.4, 0.5) is 0 Å². The molecule has 0 saturated carbocycles. The van der Waals surface area contributed by atoms with E-state index in [1.165, 1.54) is 15.9 Å². The third kappa shape index (κ3) is 3.20. The molecule has 3 aromatic carbocycles. The highest BCUT2D eigenvalue weighted by Gasteiger charge is 2.39. The topological polar surface area (TPSA) is 0 Å². The molecule has 0 radical (unpaired) electrons. The quantitative estimate of drug-likeness (QED) is 0.444. The van der Waals surface area contributed by atoms with Crippen molar-refractivity contribution in [3.8, 4) is 0 Å². The Morgan fingerprint density at radius 1 is 0.476 bits per heavy atom. The summed E-state index contributed by atoms with van der Waals surface area (Å²) in [6.07, 6.45) is 0. The minimum absolute atomic E-state index is 0. The monoisotopic (exact) mass is 404 g/mol. The van der Waals surface area contributed by atoms with Gasteiger partial charge in [-0.05, 0) is 36.4 Å². The van der Waals surface area contributed by atoms with Gasteiger partial charge in [0.1, 0.15) is 23.2 Å². The van der Waals surface area contributed by atoms with Crippen LogP contribution < -0.4 is 39.9 Å². The molecular formula is C19H18IP. The molecule has 21 heavy (non-hydrogen) atoms. The molecule has 3 rings (SSSR count). The van der Waals surface area contributed by atoms with E-state index in [9.17, 15) is 0 Å². The Labute approximate surface area is 144 Å². The largest absolute Gasteiger partial charge is 1.00 e. The summed E-state index contributed by atoms with van der Waals surface area (Å²) in [4.78, 5) is 0. The SMILES string of the molecule is C[P+](c1ccccc1)(c1ccccc1)c1ccccc1.[I-]. The molecule has 0 aliphatic carbocycles. The Hall–Kier alpha value is -1.18. The molecule has 0 aliphatic rings. The fourth-order valence-corrected chi connectivity index (χ4v) is 5.83. The van der Waals surface area contributed by atoms with Crippen molar-refractivity contribution in [3.63, 3.8) is 0 Å². The summed E-state index contributed by atoms with van der Waals surface area (Å²) in [5.74, 6) is 0. The van der Waals surface area contributed by atoms with Crippen LogP contribution in [0.3, 0.4) is 0 Å². The molecular weight excluding hydrogens is 386 g/mol. The lowest BCUT2D eigenvalue weighted by molar-refractivity contribution is -0.00000390. The highest BCUT2D eigenvalue weighted by molar-refractivity contribution is 7.95. The first-order valence-electron chi connectivity index (χ1n) is 6.85. The van der Waals surface area contributed by atoms with Gasteiger partial charge < -0.3 is 24.0 Å². The number of hydrogen-bond donors (Lipinski definition) is 0. The summed E-state index contributed by atoms with van der Waals surface area (Å²) >= 11 is 0. The van der Waals surface area contributed by atoms with Crippen molar-refractivity contribution in [1.82, 2.24) is 0 Å². The molecule has 0 fully saturated rings. The Morgan fingerprint density at radius 2 is 0.714 bits per heavy atom. The van der Waals surface area contributed by atoms with E-state index in [1.807, 2.05) is 0 Å². The van der Waals surface area contributed by atoms with Crippen molar-refractivity contribution in [1.29, 1.82) is 0 Å². The average Bonchev–Trinajstić information content (AvgIpc) is 2.56. The number of halogens is 1. The van der Waals surface area contributed by atoms with Crippen LogP contribution in [0.15, 0.2) is 91.0 Å². The highest BCUT2D eigenvalue weighted by atomic mass is 127. The zero-order chi connectivity index (χ0) is 13.8. The fraction of sp³-hybridized carbons (Fsp3) is 0.0526. The molecule has 0 saturated heterocycles. The van der Waals surface area contributed by atoms with Crippen molar-refractivity contribution in [2.75, 3.05) is 6.66 Å². The van der Waals surface area contributed by atoms with Gasteiger partial charge in [0, 0.05) is 0 Å². The van der Waals surface area contributed by atoms with Crippen molar-refractivity contribution in [2.45, 2.75) is 0 Å². The minimum Gasteiger partial charge on any atom is -1.00 e. The normalized spacial score (nSPS) is 10.7. The van der Waals surface area contributed by atoms with Crippen LogP contribution in [0.1, 0.15) is 0 Å². The van der Waals surface area contributed by atoms with Gasteiger partial charge in [0.2, 0.25) is 0 Å². The van der Waals surface area contributed by atoms with E-state index in [2.05, 4.69) is 97.7 Å². The Bertz CT molecular complexity index is 569. The maximum Gasteiger partial charge on any atom is 0.109 e. The molecule has 0 amide bonds. The number of benzene rings is 3. The van der Waals surface area contributed by atoms with Crippen LogP contribution in [0.25, 0.3) is 0 Å². The molecule has 0 atom stereocenters. The first-order chi connectivity index (χ1) is 9.82. The van der Waals surface area contributed by atoms with E-state index >= 15 is 0 Å². The average molecular weight is 404 g/mol. The molecule has 0 heterocycles. The minimum atomic E-state index is -1.53. The van der Waals surface area contributed by atoms with Crippen LogP contribution in [0, 0.1) is 0 Å². The molecule has 0 spiro atoms. The molecule has 0 N–H and O–H groups in total. The van der Waals surface area contributed by atoms with E-state index < -0.39 is 7.26 Å². The van der Waals surface area contributed by atoms with Crippen molar-refractivity contribution < 1.29 is 24.0 Å². The standard InChI is InChI=1S/C19H18P.HI/c1-20(17-11-5-2-6-12-17,18-13-7-3-8-14-18)19-15-9-4-10-16-19;/h2-16H,1H3;1H/q+1;/p-1. The second kappa shape index (κ2) is 7.20. The fourth-order valence-electron chi connectivity index (χ4n) is 2.63. The zero-order valence-corrected chi connectivity index (χ0v) is 15.0. The molecule has 0 unspecified atom stereocenters. The molecule has 0 aliphatic heterocycles. The first kappa shape index (κ1) is 16.2. The maximum absolute atomic E-state index is 2.41. The van der Waals surface area contributed by atoms with E-state index in [-0.39, 0.29) is 24.0 Å². The zero-order valence-electron chi connectivity index (χ0n) is 12.0. The van der Waals surface area contributed by atoms with Gasteiger partial charge in [-0.1, -0.05) is 54.6 Å². The lowest BCUT2D eigenvalue weighted by Crippen LogP contribution is -3.00. The third-order valence-corrected chi connectivity index (χ3v) is 7.81. The van der Waals surface area contributed by atoms with E-state index in [0.29, 0.717) is 0 Å². The smallest absolute Gasteiger partial charge is 0.109 e. The second-order valence-electron chi connectivity index (χ2n) is 5.01. The van der Waals surface area contributed by atoms with Gasteiger partial charge in [-0.15, -0.1) is 0 Å². The summed E-state index contributed by atoms with van der Waals surface area (Å²) in [7, 11) is -1.53. The first-order valence-corrected chi connectivity index (χ1v) is 9.09. The van der Waals surface area contributed by atoms with Gasteiger partial charge in [-0.3, -0.25) is 0 Å². The van der Waals surface area contributed by atoms with Gasteiger partial charge >= 0.3 is 0 Å². The van der Waals surface area contributed by atoms with Gasteiger partial charge in [0.25, 0.3) is 0 Å². The van der Waals surface area contributed by atoms with Crippen molar-refractivity contribution in [3.05, 3.63) is 91.0 Å². The van der Waals surface area contributed by atoms with Crippen LogP contribution in [-0.4, -0.2) is 6.66 Å². The molecule has 2 heteroatoms. The van der Waals surface area contributed by atoms with Gasteiger partial charge in [0.05, 0.1) is 6.66 Å². The second-order valence-corrected chi connectivity index (χ2v) is 8.57. The summed E-state index contributed by atoms with van der Waals surface area (Å²) in [5, 5.41) is 4.28. The van der Waals surface area contributed by atoms with Gasteiger partial charge in [-0.25, -0.2) is 0 Å². The van der Waals surface area contributed by atoms with Crippen LogP contribution in [-0.2, 0) is 0 Å². The summed E-state index contributed by atoms with van der Waals surface area (Å²) in [6.45, 7) is 2.41. The predicted molar refractivity (Wildman–Crippen MR) is 91.1 cm³/mol. The third-order valence-electron chi connectivity index (χ3n) is 3.82. The Balaban J connectivity index is 0.00000161. The van der Waals surface area contributed by atoms with E-state index in [0.717, 1.165) is 0 Å². The van der Waals surface area contributed by atoms with Crippen molar-refractivity contribution >= 4 is 23.2 Å². The van der Waals surface area contributed by atoms with Gasteiger partial charge in [-0.2, -0.15) is 0 Å². The predicted octanol–water partition coefficient (Wildman–Crippen LogP) is 0.614. The van der Waals surface area contributed by atoms with Crippen LogP contribution in [0.5, 0.6) is 0 Å². The molecule has 106 valence electrons. The molecule has 0 nitrogen and oxygen atoms in total. The molecule has 0 aromatic heterocycles. The number of rotatable bonds is 3. The molecule has 3 aromatic rings. The summed E-state index contributed by atoms with van der Waals surface area (Å²) in [6, 6.07) is 32.6. The van der Waals surface area contributed by atoms with Crippen LogP contribution in [0.2, 0.25) is 0 Å². The Morgan fingerprint density at radius 3 is 0.952 bits per heavy atom. The molecule has 0 bridgehead atoms. The maximum atomic E-state index is 2.41. The number of hydrogen-bond acceptors (Lipinski definition) is 0. The highest BCUT2D eigenvalue weighted by Crippen LogP contribution is 2.51. The lowest BCUT2D eigenvalue weighted by atomic mass is 10.4.